The Labute approximate surface area is 198 Å². The standard InChI is InChI=1S/C23H18Cl2N2O4S/c1-13(21(28)27-20-12-15(23(30)31)5-10-19(20)25)32-18-8-6-17(7-9-18)26-22(29)14-3-2-4-16(24)11-14/h2-13H,1H3,(H,26,29)(H,27,28)(H,30,31). The Kier molecular flexibility index (Phi) is 7.80. The summed E-state index contributed by atoms with van der Waals surface area (Å²) in [5.74, 6) is -1.71. The smallest absolute Gasteiger partial charge is 0.335 e. The maximum atomic E-state index is 12.5. The molecule has 0 aliphatic heterocycles. The van der Waals surface area contributed by atoms with E-state index >= 15 is 0 Å². The average molecular weight is 489 g/mol. The van der Waals surface area contributed by atoms with Crippen LogP contribution in [0.3, 0.4) is 0 Å². The van der Waals surface area contributed by atoms with Gasteiger partial charge in [0.05, 0.1) is 21.5 Å². The van der Waals surface area contributed by atoms with Gasteiger partial charge in [-0.1, -0.05) is 29.3 Å². The second-order valence-electron chi connectivity index (χ2n) is 6.74. The zero-order valence-corrected chi connectivity index (χ0v) is 19.1. The monoisotopic (exact) mass is 488 g/mol. The Hall–Kier alpha value is -3.00. The van der Waals surface area contributed by atoms with Gasteiger partial charge < -0.3 is 15.7 Å². The number of rotatable bonds is 7. The van der Waals surface area contributed by atoms with E-state index < -0.39 is 11.2 Å². The van der Waals surface area contributed by atoms with Crippen LogP contribution in [0.4, 0.5) is 11.4 Å². The Morgan fingerprint density at radius 2 is 1.62 bits per heavy atom. The molecule has 0 bridgehead atoms. The van der Waals surface area contributed by atoms with E-state index in [1.807, 2.05) is 0 Å². The lowest BCUT2D eigenvalue weighted by Crippen LogP contribution is -2.22. The van der Waals surface area contributed by atoms with E-state index in [0.717, 1.165) is 4.90 Å². The molecule has 0 heterocycles. The molecular weight excluding hydrogens is 471 g/mol. The van der Waals surface area contributed by atoms with Crippen molar-refractivity contribution in [3.05, 3.63) is 87.9 Å². The van der Waals surface area contributed by atoms with Gasteiger partial charge in [0, 0.05) is 21.2 Å². The topological polar surface area (TPSA) is 95.5 Å². The Balaban J connectivity index is 1.60. The Bertz CT molecular complexity index is 1170. The van der Waals surface area contributed by atoms with Gasteiger partial charge in [-0.25, -0.2) is 4.79 Å². The van der Waals surface area contributed by atoms with Crippen molar-refractivity contribution < 1.29 is 19.5 Å². The van der Waals surface area contributed by atoms with Crippen molar-refractivity contribution >= 4 is 64.1 Å². The normalized spacial score (nSPS) is 11.5. The van der Waals surface area contributed by atoms with Crippen molar-refractivity contribution in [2.24, 2.45) is 0 Å². The number of carbonyl (C=O) groups is 3. The van der Waals surface area contributed by atoms with Crippen molar-refractivity contribution in [1.82, 2.24) is 0 Å². The van der Waals surface area contributed by atoms with Crippen LogP contribution in [0.2, 0.25) is 10.0 Å². The number of carboxylic acids is 1. The van der Waals surface area contributed by atoms with Gasteiger partial charge in [0.2, 0.25) is 5.91 Å². The summed E-state index contributed by atoms with van der Waals surface area (Å²) in [5.41, 5.74) is 1.32. The molecule has 0 fully saturated rings. The van der Waals surface area contributed by atoms with Gasteiger partial charge in [-0.2, -0.15) is 0 Å². The lowest BCUT2D eigenvalue weighted by molar-refractivity contribution is -0.115. The number of amides is 2. The van der Waals surface area contributed by atoms with E-state index in [9.17, 15) is 14.4 Å². The molecule has 3 aromatic carbocycles. The molecule has 9 heteroatoms. The molecule has 1 unspecified atom stereocenters. The van der Waals surface area contributed by atoms with Crippen LogP contribution in [0, 0.1) is 0 Å². The molecule has 0 saturated heterocycles. The van der Waals surface area contributed by atoms with Crippen molar-refractivity contribution in [3.8, 4) is 0 Å². The maximum absolute atomic E-state index is 12.5. The molecule has 0 radical (unpaired) electrons. The summed E-state index contributed by atoms with van der Waals surface area (Å²) < 4.78 is 0. The average Bonchev–Trinajstić information content (AvgIpc) is 2.76. The van der Waals surface area contributed by atoms with Crippen LogP contribution in [0.25, 0.3) is 0 Å². The lowest BCUT2D eigenvalue weighted by atomic mass is 10.2. The summed E-state index contributed by atoms with van der Waals surface area (Å²) >= 11 is 13.3. The molecule has 0 aliphatic rings. The lowest BCUT2D eigenvalue weighted by Gasteiger charge is -2.14. The number of benzene rings is 3. The van der Waals surface area contributed by atoms with Crippen LogP contribution in [0.15, 0.2) is 71.6 Å². The fourth-order valence-corrected chi connectivity index (χ4v) is 3.92. The summed E-state index contributed by atoms with van der Waals surface area (Å²) in [6, 6.07) is 17.8. The van der Waals surface area contributed by atoms with Crippen LogP contribution in [0.5, 0.6) is 0 Å². The summed E-state index contributed by atoms with van der Waals surface area (Å²) in [5, 5.41) is 14.8. The summed E-state index contributed by atoms with van der Waals surface area (Å²) in [6.07, 6.45) is 0. The zero-order chi connectivity index (χ0) is 23.3. The first kappa shape index (κ1) is 23.7. The van der Waals surface area contributed by atoms with Crippen LogP contribution in [-0.4, -0.2) is 28.1 Å². The number of carboxylic acid groups (broad SMARTS) is 1. The van der Waals surface area contributed by atoms with Gasteiger partial charge in [0.25, 0.3) is 5.91 Å². The molecule has 0 spiro atoms. The fourth-order valence-electron chi connectivity index (χ4n) is 2.70. The van der Waals surface area contributed by atoms with E-state index in [2.05, 4.69) is 10.6 Å². The highest BCUT2D eigenvalue weighted by molar-refractivity contribution is 8.00. The van der Waals surface area contributed by atoms with Gasteiger partial charge >= 0.3 is 5.97 Å². The van der Waals surface area contributed by atoms with Crippen molar-refractivity contribution in [2.75, 3.05) is 10.6 Å². The molecule has 0 aliphatic carbocycles. The summed E-state index contributed by atoms with van der Waals surface area (Å²) in [7, 11) is 0. The van der Waals surface area contributed by atoms with Crippen LogP contribution < -0.4 is 10.6 Å². The summed E-state index contributed by atoms with van der Waals surface area (Å²) in [6.45, 7) is 1.73. The van der Waals surface area contributed by atoms with Crippen LogP contribution in [-0.2, 0) is 4.79 Å². The number of aromatic carboxylic acids is 1. The van der Waals surface area contributed by atoms with Crippen LogP contribution in [0.1, 0.15) is 27.6 Å². The second-order valence-corrected chi connectivity index (χ2v) is 9.00. The van der Waals surface area contributed by atoms with E-state index in [-0.39, 0.29) is 28.1 Å². The molecule has 0 aromatic heterocycles. The zero-order valence-electron chi connectivity index (χ0n) is 16.8. The summed E-state index contributed by atoms with van der Waals surface area (Å²) in [4.78, 5) is 36.8. The first-order chi connectivity index (χ1) is 15.2. The number of nitrogens with one attached hydrogen (secondary N) is 2. The van der Waals surface area contributed by atoms with Gasteiger partial charge in [-0.15, -0.1) is 11.8 Å². The van der Waals surface area contributed by atoms with Gasteiger partial charge in [-0.05, 0) is 67.6 Å². The highest BCUT2D eigenvalue weighted by atomic mass is 35.5. The Morgan fingerprint density at radius 3 is 2.28 bits per heavy atom. The molecule has 164 valence electrons. The molecule has 1 atom stereocenters. The predicted molar refractivity (Wildman–Crippen MR) is 128 cm³/mol. The SMILES string of the molecule is CC(Sc1ccc(NC(=O)c2cccc(Cl)c2)cc1)C(=O)Nc1cc(C(=O)O)ccc1Cl. The van der Waals surface area contributed by atoms with E-state index in [4.69, 9.17) is 28.3 Å². The van der Waals surface area contributed by atoms with E-state index in [1.54, 1.807) is 55.5 Å². The number of thioether (sulfide) groups is 1. The number of hydrogen-bond donors (Lipinski definition) is 3. The molecule has 3 rings (SSSR count). The number of halogens is 2. The van der Waals surface area contributed by atoms with E-state index in [0.29, 0.717) is 16.3 Å². The maximum Gasteiger partial charge on any atom is 0.335 e. The largest absolute Gasteiger partial charge is 0.478 e. The predicted octanol–water partition coefficient (Wildman–Crippen LogP) is 6.06. The molecule has 6 nitrogen and oxygen atoms in total. The third-order valence-corrected chi connectivity index (χ3v) is 6.03. The molecule has 0 saturated carbocycles. The number of hydrogen-bond acceptors (Lipinski definition) is 4. The fraction of sp³-hybridized carbons (Fsp3) is 0.0870. The third kappa shape index (κ3) is 6.26. The van der Waals surface area contributed by atoms with E-state index in [1.165, 1.54) is 30.0 Å². The minimum Gasteiger partial charge on any atom is -0.478 e. The Morgan fingerprint density at radius 1 is 0.906 bits per heavy atom. The molecule has 3 aromatic rings. The molecule has 3 N–H and O–H groups in total. The minimum atomic E-state index is -1.11. The van der Waals surface area contributed by atoms with Crippen molar-refractivity contribution in [1.29, 1.82) is 0 Å². The highest BCUT2D eigenvalue weighted by Crippen LogP contribution is 2.28. The highest BCUT2D eigenvalue weighted by Gasteiger charge is 2.17. The first-order valence-corrected chi connectivity index (χ1v) is 11.0. The minimum absolute atomic E-state index is 0.0282. The van der Waals surface area contributed by atoms with Crippen LogP contribution >= 0.6 is 35.0 Å². The quantitative estimate of drug-likeness (QED) is 0.351. The molecule has 32 heavy (non-hydrogen) atoms. The second kappa shape index (κ2) is 10.5. The van der Waals surface area contributed by atoms with Crippen molar-refractivity contribution in [2.45, 2.75) is 17.1 Å². The molecule has 2 amide bonds. The van der Waals surface area contributed by atoms with Crippen molar-refractivity contribution in [3.63, 3.8) is 0 Å². The number of carbonyl (C=O) groups excluding carboxylic acids is 2. The van der Waals surface area contributed by atoms with Gasteiger partial charge in [0.1, 0.15) is 0 Å². The molecular formula is C23H18Cl2N2O4S. The van der Waals surface area contributed by atoms with Gasteiger partial charge in [-0.3, -0.25) is 9.59 Å². The third-order valence-electron chi connectivity index (χ3n) is 4.35. The van der Waals surface area contributed by atoms with Gasteiger partial charge in [0.15, 0.2) is 0 Å². The first-order valence-electron chi connectivity index (χ1n) is 9.40. The number of anilines is 2.